The number of carbonyl (C=O) groups is 1. The highest BCUT2D eigenvalue weighted by atomic mass is 79.9. The van der Waals surface area contributed by atoms with E-state index in [1.807, 2.05) is 19.1 Å². The van der Waals surface area contributed by atoms with Gasteiger partial charge in [0.2, 0.25) is 0 Å². The maximum Gasteiger partial charge on any atom is 0.251 e. The van der Waals surface area contributed by atoms with Crippen LogP contribution in [0.4, 0.5) is 0 Å². The highest BCUT2D eigenvalue weighted by Gasteiger charge is 2.24. The van der Waals surface area contributed by atoms with Gasteiger partial charge in [-0.3, -0.25) is 4.79 Å². The summed E-state index contributed by atoms with van der Waals surface area (Å²) in [5, 5.41) is 4.19. The number of alkyl halides is 1. The Balaban J connectivity index is 1.94. The molecular weight excluding hydrogens is 314 g/mol. The van der Waals surface area contributed by atoms with Gasteiger partial charge in [0.1, 0.15) is 0 Å². The summed E-state index contributed by atoms with van der Waals surface area (Å²) in [5.74, 6) is 1.40. The lowest BCUT2D eigenvalue weighted by atomic mass is 9.80. The van der Waals surface area contributed by atoms with Crippen LogP contribution in [0.15, 0.2) is 18.2 Å². The van der Waals surface area contributed by atoms with Crippen molar-refractivity contribution in [2.45, 2.75) is 39.5 Å². The van der Waals surface area contributed by atoms with Crippen LogP contribution in [0.1, 0.15) is 47.2 Å². The van der Waals surface area contributed by atoms with Gasteiger partial charge in [-0.2, -0.15) is 0 Å². The minimum atomic E-state index is 0.0707. The lowest BCUT2D eigenvalue weighted by Crippen LogP contribution is -2.35. The van der Waals surface area contributed by atoms with E-state index in [-0.39, 0.29) is 5.91 Å². The fourth-order valence-electron chi connectivity index (χ4n) is 3.14. The number of rotatable bonds is 4. The number of carbonyl (C=O) groups excluding carboxylic acids is 1. The van der Waals surface area contributed by atoms with Crippen molar-refractivity contribution in [3.05, 3.63) is 34.9 Å². The van der Waals surface area contributed by atoms with Crippen LogP contribution in [0.2, 0.25) is 0 Å². The van der Waals surface area contributed by atoms with Crippen LogP contribution in [-0.2, 0) is 0 Å². The highest BCUT2D eigenvalue weighted by Crippen LogP contribution is 2.30. The van der Waals surface area contributed by atoms with Crippen molar-refractivity contribution >= 4 is 21.8 Å². The van der Waals surface area contributed by atoms with Crippen LogP contribution >= 0.6 is 15.9 Å². The molecule has 0 aromatic heterocycles. The molecule has 1 aromatic carbocycles. The molecule has 1 aliphatic rings. The van der Waals surface area contributed by atoms with E-state index in [0.717, 1.165) is 23.0 Å². The molecule has 0 saturated heterocycles. The molecule has 2 unspecified atom stereocenters. The maximum atomic E-state index is 12.3. The molecule has 2 nitrogen and oxygen atoms in total. The van der Waals surface area contributed by atoms with Crippen molar-refractivity contribution in [2.24, 2.45) is 11.8 Å². The molecule has 2 rings (SSSR count). The van der Waals surface area contributed by atoms with E-state index in [9.17, 15) is 4.79 Å². The van der Waals surface area contributed by atoms with Crippen molar-refractivity contribution in [1.29, 1.82) is 0 Å². The van der Waals surface area contributed by atoms with Crippen LogP contribution in [0, 0.1) is 25.7 Å². The molecule has 1 amide bonds. The van der Waals surface area contributed by atoms with Crippen molar-refractivity contribution in [3.8, 4) is 0 Å². The number of aryl methyl sites for hydroxylation is 2. The lowest BCUT2D eigenvalue weighted by Gasteiger charge is -2.30. The Bertz CT molecular complexity index is 472. The SMILES string of the molecule is Cc1ccc(C(=O)NCC2CCCCC2CBr)c(C)c1. The summed E-state index contributed by atoms with van der Waals surface area (Å²) in [5.41, 5.74) is 3.07. The molecule has 20 heavy (non-hydrogen) atoms. The second-order valence-electron chi connectivity index (χ2n) is 5.99. The first-order chi connectivity index (χ1) is 9.61. The summed E-state index contributed by atoms with van der Waals surface area (Å²) >= 11 is 3.61. The van der Waals surface area contributed by atoms with E-state index in [1.54, 1.807) is 0 Å². The summed E-state index contributed by atoms with van der Waals surface area (Å²) in [6, 6.07) is 6.00. The zero-order valence-electron chi connectivity index (χ0n) is 12.4. The number of nitrogens with one attached hydrogen (secondary N) is 1. The van der Waals surface area contributed by atoms with Crippen molar-refractivity contribution in [1.82, 2.24) is 5.32 Å². The lowest BCUT2D eigenvalue weighted by molar-refractivity contribution is 0.0936. The summed E-state index contributed by atoms with van der Waals surface area (Å²) < 4.78 is 0. The van der Waals surface area contributed by atoms with E-state index < -0.39 is 0 Å². The number of hydrogen-bond acceptors (Lipinski definition) is 1. The summed E-state index contributed by atoms with van der Waals surface area (Å²) in [7, 11) is 0. The van der Waals surface area contributed by atoms with Gasteiger partial charge in [-0.05, 0) is 50.2 Å². The molecule has 1 aliphatic carbocycles. The molecule has 0 spiro atoms. The van der Waals surface area contributed by atoms with Crippen molar-refractivity contribution < 1.29 is 4.79 Å². The molecule has 2 atom stereocenters. The average Bonchev–Trinajstić information content (AvgIpc) is 2.45. The molecule has 110 valence electrons. The van der Waals surface area contributed by atoms with E-state index in [1.165, 1.54) is 31.2 Å². The van der Waals surface area contributed by atoms with Crippen LogP contribution in [0.3, 0.4) is 0 Å². The highest BCUT2D eigenvalue weighted by molar-refractivity contribution is 9.09. The van der Waals surface area contributed by atoms with E-state index in [4.69, 9.17) is 0 Å². The fourth-order valence-corrected chi connectivity index (χ4v) is 4.00. The Morgan fingerprint density at radius 1 is 1.25 bits per heavy atom. The Morgan fingerprint density at radius 3 is 2.60 bits per heavy atom. The smallest absolute Gasteiger partial charge is 0.251 e. The molecule has 1 aromatic rings. The Morgan fingerprint density at radius 2 is 1.95 bits per heavy atom. The zero-order chi connectivity index (χ0) is 14.5. The first-order valence-electron chi connectivity index (χ1n) is 7.53. The molecule has 3 heteroatoms. The second kappa shape index (κ2) is 7.26. The van der Waals surface area contributed by atoms with Crippen LogP contribution in [0.25, 0.3) is 0 Å². The minimum Gasteiger partial charge on any atom is -0.352 e. The molecule has 1 fully saturated rings. The van der Waals surface area contributed by atoms with E-state index in [2.05, 4.69) is 34.2 Å². The molecule has 1 N–H and O–H groups in total. The second-order valence-corrected chi connectivity index (χ2v) is 6.63. The first kappa shape index (κ1) is 15.6. The first-order valence-corrected chi connectivity index (χ1v) is 8.65. The van der Waals surface area contributed by atoms with Gasteiger partial charge >= 0.3 is 0 Å². The molecule has 0 heterocycles. The third-order valence-electron chi connectivity index (χ3n) is 4.42. The van der Waals surface area contributed by atoms with Gasteiger partial charge in [0.15, 0.2) is 0 Å². The van der Waals surface area contributed by atoms with Crippen LogP contribution < -0.4 is 5.32 Å². The van der Waals surface area contributed by atoms with Gasteiger partial charge in [-0.1, -0.05) is 46.5 Å². The Kier molecular flexibility index (Phi) is 5.64. The predicted octanol–water partition coefficient (Wildman–Crippen LogP) is 4.23. The van der Waals surface area contributed by atoms with Crippen LogP contribution in [0.5, 0.6) is 0 Å². The molecular formula is C17H24BrNO. The van der Waals surface area contributed by atoms with E-state index >= 15 is 0 Å². The quantitative estimate of drug-likeness (QED) is 0.818. The zero-order valence-corrected chi connectivity index (χ0v) is 14.0. The van der Waals surface area contributed by atoms with Gasteiger partial charge < -0.3 is 5.32 Å². The van der Waals surface area contributed by atoms with Gasteiger partial charge in [0.05, 0.1) is 0 Å². The third kappa shape index (κ3) is 3.85. The van der Waals surface area contributed by atoms with Gasteiger partial charge in [-0.15, -0.1) is 0 Å². The summed E-state index contributed by atoms with van der Waals surface area (Å²) in [4.78, 5) is 12.3. The van der Waals surface area contributed by atoms with E-state index in [0.29, 0.717) is 11.8 Å². The van der Waals surface area contributed by atoms with Crippen LogP contribution in [-0.4, -0.2) is 17.8 Å². The number of benzene rings is 1. The van der Waals surface area contributed by atoms with Gasteiger partial charge in [-0.25, -0.2) is 0 Å². The number of halogens is 1. The van der Waals surface area contributed by atoms with Gasteiger partial charge in [0, 0.05) is 17.4 Å². The summed E-state index contributed by atoms with van der Waals surface area (Å²) in [6.07, 6.45) is 5.16. The summed E-state index contributed by atoms with van der Waals surface area (Å²) in [6.45, 7) is 4.86. The molecule has 1 saturated carbocycles. The topological polar surface area (TPSA) is 29.1 Å². The minimum absolute atomic E-state index is 0.0707. The largest absolute Gasteiger partial charge is 0.352 e. The Labute approximate surface area is 130 Å². The number of hydrogen-bond donors (Lipinski definition) is 1. The monoisotopic (exact) mass is 337 g/mol. The van der Waals surface area contributed by atoms with Crippen molar-refractivity contribution in [2.75, 3.05) is 11.9 Å². The van der Waals surface area contributed by atoms with Gasteiger partial charge in [0.25, 0.3) is 5.91 Å². The Hall–Kier alpha value is -0.830. The number of amides is 1. The third-order valence-corrected chi connectivity index (χ3v) is 5.25. The predicted molar refractivity (Wildman–Crippen MR) is 87.5 cm³/mol. The van der Waals surface area contributed by atoms with Crippen molar-refractivity contribution in [3.63, 3.8) is 0 Å². The molecule has 0 bridgehead atoms. The molecule has 0 radical (unpaired) electrons. The molecule has 0 aliphatic heterocycles. The maximum absolute atomic E-state index is 12.3. The normalized spacial score (nSPS) is 22.6. The average molecular weight is 338 g/mol. The standard InChI is InChI=1S/C17H24BrNO/c1-12-7-8-16(13(2)9-12)17(20)19-11-15-6-4-3-5-14(15)10-18/h7-9,14-15H,3-6,10-11H2,1-2H3,(H,19,20). The fraction of sp³-hybridized carbons (Fsp3) is 0.588.